The van der Waals surface area contributed by atoms with Crippen molar-refractivity contribution in [2.45, 2.75) is 0 Å². The molecule has 2 aromatic rings. The van der Waals surface area contributed by atoms with Crippen LogP contribution in [-0.4, -0.2) is 43.4 Å². The smallest absolute Gasteiger partial charge is 0.337 e. The summed E-state index contributed by atoms with van der Waals surface area (Å²) in [5, 5.41) is 3.22. The van der Waals surface area contributed by atoms with Gasteiger partial charge in [-0.25, -0.2) is 4.79 Å². The summed E-state index contributed by atoms with van der Waals surface area (Å²) in [7, 11) is 2.81. The van der Waals surface area contributed by atoms with Crippen LogP contribution in [0, 0.1) is 0 Å². The third-order valence-corrected chi connectivity index (χ3v) is 4.36. The summed E-state index contributed by atoms with van der Waals surface area (Å²) in [6, 6.07) is 11.4. The number of halogens is 2. The first-order chi connectivity index (χ1) is 13.3. The zero-order chi connectivity index (χ0) is 20.7. The van der Waals surface area contributed by atoms with Crippen LogP contribution in [0.2, 0.25) is 10.0 Å². The van der Waals surface area contributed by atoms with Crippen LogP contribution in [0.5, 0.6) is 0 Å². The average molecular weight is 421 g/mol. The largest absolute Gasteiger partial charge is 0.465 e. The summed E-state index contributed by atoms with van der Waals surface area (Å²) in [4.78, 5) is 37.0. The number of ether oxygens (including phenoxy) is 1. The van der Waals surface area contributed by atoms with Crippen molar-refractivity contribution in [1.29, 1.82) is 0 Å². The average Bonchev–Trinajstić information content (AvgIpc) is 2.68. The Bertz CT molecular complexity index is 891. The topological polar surface area (TPSA) is 75.7 Å². The Kier molecular flexibility index (Phi) is 7.61. The van der Waals surface area contributed by atoms with Crippen LogP contribution in [0.25, 0.3) is 6.08 Å². The fraction of sp³-hybridized carbons (Fsp3) is 0.150. The Labute approximate surface area is 172 Å². The van der Waals surface area contributed by atoms with Crippen LogP contribution in [0.1, 0.15) is 15.9 Å². The number of para-hydroxylation sites is 1. The van der Waals surface area contributed by atoms with Gasteiger partial charge in [-0.1, -0.05) is 41.4 Å². The molecule has 0 radical (unpaired) electrons. The third kappa shape index (κ3) is 5.84. The van der Waals surface area contributed by atoms with Gasteiger partial charge in [0.25, 0.3) is 0 Å². The van der Waals surface area contributed by atoms with Gasteiger partial charge in [-0.2, -0.15) is 0 Å². The van der Waals surface area contributed by atoms with Crippen LogP contribution in [0.3, 0.4) is 0 Å². The summed E-state index contributed by atoms with van der Waals surface area (Å²) < 4.78 is 4.63. The van der Waals surface area contributed by atoms with Gasteiger partial charge in [-0.15, -0.1) is 0 Å². The molecule has 146 valence electrons. The van der Waals surface area contributed by atoms with Gasteiger partial charge in [0, 0.05) is 13.1 Å². The maximum Gasteiger partial charge on any atom is 0.337 e. The summed E-state index contributed by atoms with van der Waals surface area (Å²) in [6.45, 7) is -0.175. The number of anilines is 1. The highest BCUT2D eigenvalue weighted by Gasteiger charge is 2.14. The Morgan fingerprint density at radius 3 is 2.25 bits per heavy atom. The number of likely N-dealkylation sites (N-methyl/N-ethyl adjacent to an activating group) is 1. The van der Waals surface area contributed by atoms with Crippen molar-refractivity contribution in [3.05, 3.63) is 69.7 Å². The van der Waals surface area contributed by atoms with Crippen molar-refractivity contribution in [3.63, 3.8) is 0 Å². The molecule has 0 saturated carbocycles. The van der Waals surface area contributed by atoms with Gasteiger partial charge in [-0.3, -0.25) is 9.59 Å². The summed E-state index contributed by atoms with van der Waals surface area (Å²) in [5.74, 6) is -1.23. The lowest BCUT2D eigenvalue weighted by Crippen LogP contribution is -2.34. The van der Waals surface area contributed by atoms with Crippen molar-refractivity contribution in [2.75, 3.05) is 26.0 Å². The molecule has 0 saturated heterocycles. The van der Waals surface area contributed by atoms with E-state index in [1.54, 1.807) is 48.5 Å². The molecule has 0 spiro atoms. The first-order valence-electron chi connectivity index (χ1n) is 8.17. The van der Waals surface area contributed by atoms with Gasteiger partial charge < -0.3 is 15.0 Å². The van der Waals surface area contributed by atoms with Gasteiger partial charge in [0.15, 0.2) is 0 Å². The summed E-state index contributed by atoms with van der Waals surface area (Å²) in [5.41, 5.74) is 1.44. The predicted molar refractivity (Wildman–Crippen MR) is 110 cm³/mol. The SMILES string of the molecule is COC(=O)c1ccc(/C=C/C(=O)N(C)CC(=O)Nc2c(Cl)cccc2Cl)cc1. The highest BCUT2D eigenvalue weighted by atomic mass is 35.5. The van der Waals surface area contributed by atoms with E-state index in [0.717, 1.165) is 5.56 Å². The highest BCUT2D eigenvalue weighted by Crippen LogP contribution is 2.29. The van der Waals surface area contributed by atoms with E-state index >= 15 is 0 Å². The number of amides is 2. The molecule has 2 amide bonds. The molecule has 0 aliphatic heterocycles. The monoisotopic (exact) mass is 420 g/mol. The Morgan fingerprint density at radius 2 is 1.68 bits per heavy atom. The molecule has 0 atom stereocenters. The molecule has 1 N–H and O–H groups in total. The van der Waals surface area contributed by atoms with E-state index in [2.05, 4.69) is 10.1 Å². The van der Waals surface area contributed by atoms with E-state index in [-0.39, 0.29) is 12.5 Å². The van der Waals surface area contributed by atoms with Crippen LogP contribution in [0.15, 0.2) is 48.5 Å². The first kappa shape index (κ1) is 21.5. The van der Waals surface area contributed by atoms with Crippen molar-refractivity contribution in [3.8, 4) is 0 Å². The third-order valence-electron chi connectivity index (χ3n) is 3.73. The molecule has 0 unspecified atom stereocenters. The van der Waals surface area contributed by atoms with Gasteiger partial charge >= 0.3 is 5.97 Å². The van der Waals surface area contributed by atoms with Crippen LogP contribution >= 0.6 is 23.2 Å². The fourth-order valence-corrected chi connectivity index (χ4v) is 2.72. The lowest BCUT2D eigenvalue weighted by molar-refractivity contribution is -0.129. The zero-order valence-corrected chi connectivity index (χ0v) is 16.8. The van der Waals surface area contributed by atoms with E-state index < -0.39 is 11.9 Å². The second kappa shape index (κ2) is 9.92. The minimum Gasteiger partial charge on any atom is -0.465 e. The van der Waals surface area contributed by atoms with Crippen molar-refractivity contribution in [2.24, 2.45) is 0 Å². The molecular weight excluding hydrogens is 403 g/mol. The molecule has 2 aromatic carbocycles. The molecule has 0 bridgehead atoms. The first-order valence-corrected chi connectivity index (χ1v) is 8.93. The predicted octanol–water partition coefficient (Wildman–Crippen LogP) is 3.89. The Hall–Kier alpha value is -2.83. The number of carbonyl (C=O) groups excluding carboxylic acids is 3. The molecular formula is C20H18Cl2N2O4. The number of methoxy groups -OCH3 is 1. The maximum atomic E-state index is 12.2. The number of esters is 1. The number of benzene rings is 2. The van der Waals surface area contributed by atoms with Crippen LogP contribution in [-0.2, 0) is 14.3 Å². The second-order valence-corrected chi connectivity index (χ2v) is 6.60. The van der Waals surface area contributed by atoms with Gasteiger partial charge in [0.05, 0.1) is 35.0 Å². The fourth-order valence-electron chi connectivity index (χ4n) is 2.23. The van der Waals surface area contributed by atoms with E-state index in [9.17, 15) is 14.4 Å². The highest BCUT2D eigenvalue weighted by molar-refractivity contribution is 6.39. The van der Waals surface area contributed by atoms with Gasteiger partial charge in [0.2, 0.25) is 11.8 Å². The quantitative estimate of drug-likeness (QED) is 0.567. The van der Waals surface area contributed by atoms with Crippen LogP contribution < -0.4 is 5.32 Å². The number of carbonyl (C=O) groups is 3. The van der Waals surface area contributed by atoms with E-state index in [0.29, 0.717) is 21.3 Å². The minimum absolute atomic E-state index is 0.175. The minimum atomic E-state index is -0.434. The van der Waals surface area contributed by atoms with Gasteiger partial charge in [0.1, 0.15) is 0 Å². The summed E-state index contributed by atoms with van der Waals surface area (Å²) >= 11 is 12.0. The number of rotatable bonds is 6. The van der Waals surface area contributed by atoms with E-state index in [1.807, 2.05) is 0 Å². The summed E-state index contributed by atoms with van der Waals surface area (Å²) in [6.07, 6.45) is 2.92. The zero-order valence-electron chi connectivity index (χ0n) is 15.2. The Balaban J connectivity index is 1.94. The maximum absolute atomic E-state index is 12.2. The number of hydrogen-bond donors (Lipinski definition) is 1. The molecule has 28 heavy (non-hydrogen) atoms. The molecule has 0 aliphatic rings. The van der Waals surface area contributed by atoms with Crippen LogP contribution in [0.4, 0.5) is 5.69 Å². The number of hydrogen-bond acceptors (Lipinski definition) is 4. The molecule has 8 heteroatoms. The van der Waals surface area contributed by atoms with Gasteiger partial charge in [-0.05, 0) is 35.9 Å². The number of nitrogens with zero attached hydrogens (tertiary/aromatic N) is 1. The van der Waals surface area contributed by atoms with Crippen molar-refractivity contribution >= 4 is 52.7 Å². The second-order valence-electron chi connectivity index (χ2n) is 5.79. The van der Waals surface area contributed by atoms with E-state index in [4.69, 9.17) is 23.2 Å². The molecule has 2 rings (SSSR count). The van der Waals surface area contributed by atoms with Crippen molar-refractivity contribution in [1.82, 2.24) is 4.90 Å². The van der Waals surface area contributed by atoms with Crippen molar-refractivity contribution < 1.29 is 19.1 Å². The lowest BCUT2D eigenvalue weighted by Gasteiger charge is -2.15. The Morgan fingerprint density at radius 1 is 1.07 bits per heavy atom. The molecule has 0 aliphatic carbocycles. The normalized spacial score (nSPS) is 10.6. The molecule has 0 aromatic heterocycles. The molecule has 0 fully saturated rings. The number of nitrogens with one attached hydrogen (secondary N) is 1. The molecule has 6 nitrogen and oxygen atoms in total. The lowest BCUT2D eigenvalue weighted by atomic mass is 10.1. The standard InChI is InChI=1S/C20H18Cl2N2O4/c1-24(12-17(25)23-19-15(21)4-3-5-16(19)22)18(26)11-8-13-6-9-14(10-7-13)20(27)28-2/h3-11H,12H2,1-2H3,(H,23,25)/b11-8+. The molecule has 0 heterocycles. The van der Waals surface area contributed by atoms with E-state index in [1.165, 1.54) is 25.1 Å².